The van der Waals surface area contributed by atoms with E-state index in [1.54, 1.807) is 0 Å². The van der Waals surface area contributed by atoms with Gasteiger partial charge in [0.15, 0.2) is 5.58 Å². The van der Waals surface area contributed by atoms with E-state index >= 15 is 0 Å². The molecule has 11 rings (SSSR count). The number of fused-ring (bicyclic) bond motifs is 11. The van der Waals surface area contributed by atoms with Gasteiger partial charge in [-0.15, -0.1) is 0 Å². The van der Waals surface area contributed by atoms with Crippen molar-refractivity contribution in [3.05, 3.63) is 170 Å². The maximum Gasteiger partial charge on any atom is 0.235 e. The zero-order chi connectivity index (χ0) is 33.5. The van der Waals surface area contributed by atoms with Crippen molar-refractivity contribution in [2.75, 3.05) is 0 Å². The molecule has 5 nitrogen and oxygen atoms in total. The minimum absolute atomic E-state index is 0.588. The van der Waals surface area contributed by atoms with Gasteiger partial charge in [-0.2, -0.15) is 0 Å². The fourth-order valence-electron chi connectivity index (χ4n) is 7.92. The van der Waals surface area contributed by atoms with E-state index in [2.05, 4.69) is 155 Å². The van der Waals surface area contributed by atoms with Gasteiger partial charge >= 0.3 is 0 Å². The Morgan fingerprint density at radius 2 is 1.00 bits per heavy atom. The molecule has 0 unspecified atom stereocenters. The number of benzene rings is 7. The minimum Gasteiger partial charge on any atom is -0.454 e. The molecule has 0 amide bonds. The number of hydrogen-bond donors (Lipinski definition) is 0. The van der Waals surface area contributed by atoms with Gasteiger partial charge in [0.05, 0.1) is 27.9 Å². The van der Waals surface area contributed by atoms with Gasteiger partial charge < -0.3 is 8.98 Å². The third-order valence-electron chi connectivity index (χ3n) is 10.1. The fourth-order valence-corrected chi connectivity index (χ4v) is 7.92. The van der Waals surface area contributed by atoms with E-state index in [4.69, 9.17) is 14.4 Å². The molecule has 4 aromatic heterocycles. The van der Waals surface area contributed by atoms with Crippen molar-refractivity contribution >= 4 is 65.6 Å². The molecule has 0 aliphatic carbocycles. The first kappa shape index (κ1) is 27.9. The molecule has 0 fully saturated rings. The van der Waals surface area contributed by atoms with Gasteiger partial charge in [0, 0.05) is 49.1 Å². The second kappa shape index (κ2) is 10.8. The highest BCUT2D eigenvalue weighted by Crippen LogP contribution is 2.45. The summed E-state index contributed by atoms with van der Waals surface area (Å²) in [5.41, 5.74) is 10.8. The maximum absolute atomic E-state index is 6.79. The largest absolute Gasteiger partial charge is 0.454 e. The number of furan rings is 1. The molecule has 0 aliphatic heterocycles. The van der Waals surface area contributed by atoms with Gasteiger partial charge in [-0.3, -0.25) is 4.57 Å². The first-order valence-corrected chi connectivity index (χ1v) is 17.2. The van der Waals surface area contributed by atoms with Crippen LogP contribution in [0.3, 0.4) is 0 Å². The van der Waals surface area contributed by atoms with Crippen LogP contribution in [-0.4, -0.2) is 19.1 Å². The van der Waals surface area contributed by atoms with Crippen molar-refractivity contribution in [2.24, 2.45) is 0 Å². The monoisotopic (exact) mass is 652 g/mol. The van der Waals surface area contributed by atoms with Crippen molar-refractivity contribution in [1.82, 2.24) is 19.1 Å². The van der Waals surface area contributed by atoms with Gasteiger partial charge in [0.1, 0.15) is 11.1 Å². The number of para-hydroxylation sites is 3. The van der Waals surface area contributed by atoms with Crippen molar-refractivity contribution in [2.45, 2.75) is 0 Å². The van der Waals surface area contributed by atoms with E-state index in [1.165, 1.54) is 10.8 Å². The van der Waals surface area contributed by atoms with E-state index in [-0.39, 0.29) is 0 Å². The van der Waals surface area contributed by atoms with Crippen LogP contribution in [0.5, 0.6) is 0 Å². The molecule has 0 saturated carbocycles. The molecule has 0 aliphatic rings. The Labute approximate surface area is 292 Å². The molecule has 4 heterocycles. The second-order valence-corrected chi connectivity index (χ2v) is 13.0. The van der Waals surface area contributed by atoms with E-state index in [1.807, 2.05) is 24.3 Å². The van der Waals surface area contributed by atoms with Crippen LogP contribution in [0.15, 0.2) is 174 Å². The molecule has 7 aromatic carbocycles. The Hall–Kier alpha value is -6.98. The van der Waals surface area contributed by atoms with Crippen LogP contribution in [0.4, 0.5) is 0 Å². The molecule has 0 spiro atoms. The zero-order valence-corrected chi connectivity index (χ0v) is 27.4. The fraction of sp³-hybridized carbons (Fsp3) is 0. The summed E-state index contributed by atoms with van der Waals surface area (Å²) in [7, 11) is 0. The summed E-state index contributed by atoms with van der Waals surface area (Å²) in [5.74, 6) is 0.588. The molecule has 0 bridgehead atoms. The molecule has 0 atom stereocenters. The number of nitrogens with zero attached hydrogens (tertiary/aromatic N) is 4. The molecule has 0 radical (unpaired) electrons. The van der Waals surface area contributed by atoms with Gasteiger partial charge in [0.25, 0.3) is 0 Å². The number of hydrogen-bond acceptors (Lipinski definition) is 3. The number of aromatic nitrogens is 4. The van der Waals surface area contributed by atoms with Crippen LogP contribution < -0.4 is 0 Å². The van der Waals surface area contributed by atoms with E-state index in [0.717, 1.165) is 83.0 Å². The van der Waals surface area contributed by atoms with Gasteiger partial charge in [-0.25, -0.2) is 9.97 Å². The van der Waals surface area contributed by atoms with E-state index in [9.17, 15) is 0 Å². The molecule has 238 valence electrons. The Bertz CT molecular complexity index is 3060. The Balaban J connectivity index is 1.36. The summed E-state index contributed by atoms with van der Waals surface area (Å²) in [5, 5.41) is 6.74. The van der Waals surface area contributed by atoms with Crippen LogP contribution >= 0.6 is 0 Å². The molecular weight excluding hydrogens is 625 g/mol. The standard InChI is InChI=1S/C46H28N4O/c1-4-14-29(15-5-1)37-28-38(30-16-6-2-7-17-30)48-46(47-37)50-40-27-26-34-32-20-10-12-22-39(32)49(31-18-8-3-9-19-31)43(34)42(40)36-25-24-35-33-21-11-13-23-41(33)51-45(35)44(36)50/h1-28H. The van der Waals surface area contributed by atoms with Crippen LogP contribution in [0, 0.1) is 0 Å². The van der Waals surface area contributed by atoms with Gasteiger partial charge in [-0.05, 0) is 42.5 Å². The van der Waals surface area contributed by atoms with Crippen molar-refractivity contribution in [3.63, 3.8) is 0 Å². The topological polar surface area (TPSA) is 48.8 Å². The minimum atomic E-state index is 0.588. The quantitative estimate of drug-likeness (QED) is 0.190. The molecule has 5 heteroatoms. The highest BCUT2D eigenvalue weighted by molar-refractivity contribution is 6.29. The second-order valence-electron chi connectivity index (χ2n) is 13.0. The lowest BCUT2D eigenvalue weighted by Gasteiger charge is -2.12. The molecule has 11 aromatic rings. The Morgan fingerprint density at radius 1 is 0.412 bits per heavy atom. The summed E-state index contributed by atoms with van der Waals surface area (Å²) in [6.07, 6.45) is 0. The third-order valence-corrected chi connectivity index (χ3v) is 10.1. The summed E-state index contributed by atoms with van der Waals surface area (Å²) < 4.78 is 11.4. The van der Waals surface area contributed by atoms with Crippen molar-refractivity contribution < 1.29 is 4.42 Å². The van der Waals surface area contributed by atoms with Crippen LogP contribution in [-0.2, 0) is 0 Å². The summed E-state index contributed by atoms with van der Waals surface area (Å²) in [6, 6.07) is 59.3. The van der Waals surface area contributed by atoms with E-state index < -0.39 is 0 Å². The third kappa shape index (κ3) is 4.09. The lowest BCUT2D eigenvalue weighted by molar-refractivity contribution is 0.670. The number of rotatable bonds is 4. The average molecular weight is 653 g/mol. The highest BCUT2D eigenvalue weighted by atomic mass is 16.3. The SMILES string of the molecule is c1ccc(-c2cc(-c3ccccc3)nc(-n3c4ccc5c6ccccc6n(-c6ccccc6)c5c4c4ccc5c6ccccc6oc5c43)n2)cc1. The van der Waals surface area contributed by atoms with Crippen molar-refractivity contribution in [3.8, 4) is 34.2 Å². The smallest absolute Gasteiger partial charge is 0.235 e. The lowest BCUT2D eigenvalue weighted by atomic mass is 10.1. The van der Waals surface area contributed by atoms with Gasteiger partial charge in [0.2, 0.25) is 5.95 Å². The lowest BCUT2D eigenvalue weighted by Crippen LogP contribution is -2.04. The predicted octanol–water partition coefficient (Wildman–Crippen LogP) is 11.9. The van der Waals surface area contributed by atoms with Gasteiger partial charge in [-0.1, -0.05) is 127 Å². The van der Waals surface area contributed by atoms with Crippen LogP contribution in [0.1, 0.15) is 0 Å². The highest BCUT2D eigenvalue weighted by Gasteiger charge is 2.25. The first-order chi connectivity index (χ1) is 25.3. The predicted molar refractivity (Wildman–Crippen MR) is 209 cm³/mol. The average Bonchev–Trinajstić information content (AvgIpc) is 3.86. The normalized spacial score (nSPS) is 11.9. The van der Waals surface area contributed by atoms with Crippen molar-refractivity contribution in [1.29, 1.82) is 0 Å². The molecule has 51 heavy (non-hydrogen) atoms. The summed E-state index contributed by atoms with van der Waals surface area (Å²) in [4.78, 5) is 10.7. The Morgan fingerprint density at radius 3 is 1.73 bits per heavy atom. The molecule has 0 N–H and O–H groups in total. The van der Waals surface area contributed by atoms with E-state index in [0.29, 0.717) is 5.95 Å². The first-order valence-electron chi connectivity index (χ1n) is 17.2. The molecule has 0 saturated heterocycles. The summed E-state index contributed by atoms with van der Waals surface area (Å²) in [6.45, 7) is 0. The maximum atomic E-state index is 6.79. The summed E-state index contributed by atoms with van der Waals surface area (Å²) >= 11 is 0. The molecular formula is C46H28N4O. The Kier molecular flexibility index (Phi) is 5.89. The zero-order valence-electron chi connectivity index (χ0n) is 27.4. The van der Waals surface area contributed by atoms with Crippen LogP contribution in [0.2, 0.25) is 0 Å². The van der Waals surface area contributed by atoms with Crippen LogP contribution in [0.25, 0.3) is 99.7 Å².